The zero-order chi connectivity index (χ0) is 12.1. The van der Waals surface area contributed by atoms with E-state index in [1.54, 1.807) is 12.4 Å². The third-order valence-electron chi connectivity index (χ3n) is 2.39. The molecule has 1 atom stereocenters. The van der Waals surface area contributed by atoms with Gasteiger partial charge in [0.1, 0.15) is 0 Å². The predicted molar refractivity (Wildman–Crippen MR) is 64.3 cm³/mol. The summed E-state index contributed by atoms with van der Waals surface area (Å²) < 4.78 is 5.36. The number of hydrogen-bond acceptors (Lipinski definition) is 3. The minimum atomic E-state index is -0.364. The number of ether oxygens (including phenoxy) is 1. The quantitative estimate of drug-likeness (QED) is 0.757. The van der Waals surface area contributed by atoms with Gasteiger partial charge >= 0.3 is 5.97 Å². The van der Waals surface area contributed by atoms with Crippen molar-refractivity contribution in [2.45, 2.75) is 13.0 Å². The molecule has 3 heteroatoms. The summed E-state index contributed by atoms with van der Waals surface area (Å²) in [5.41, 5.74) is 1.87. The number of hydrogen-bond donors (Lipinski definition) is 0. The Morgan fingerprint density at radius 3 is 2.24 bits per heavy atom. The number of esters is 1. The van der Waals surface area contributed by atoms with Crippen molar-refractivity contribution in [3.63, 3.8) is 0 Å². The van der Waals surface area contributed by atoms with Crippen molar-refractivity contribution < 1.29 is 9.53 Å². The molecular weight excluding hydrogens is 214 g/mol. The first-order valence-corrected chi connectivity index (χ1v) is 5.39. The molecule has 3 nitrogen and oxygen atoms in total. The normalized spacial score (nSPS) is 11.8. The fraction of sp³-hybridized carbons (Fsp3) is 0.143. The van der Waals surface area contributed by atoms with Crippen LogP contribution in [0.3, 0.4) is 0 Å². The number of pyridine rings is 1. The Hall–Kier alpha value is -2.16. The number of rotatable bonds is 3. The van der Waals surface area contributed by atoms with E-state index in [0.717, 1.165) is 11.1 Å². The predicted octanol–water partition coefficient (Wildman–Crippen LogP) is 2.73. The molecule has 0 aliphatic rings. The summed E-state index contributed by atoms with van der Waals surface area (Å²) in [6, 6.07) is 13.4. The van der Waals surface area contributed by atoms with Crippen LogP contribution in [0, 0.1) is 0 Å². The van der Waals surface area contributed by atoms with Crippen molar-refractivity contribution >= 4 is 5.97 Å². The molecule has 1 aromatic heterocycles. The van der Waals surface area contributed by atoms with E-state index in [1.165, 1.54) is 6.92 Å². The van der Waals surface area contributed by atoms with Crippen LogP contribution in [0.5, 0.6) is 0 Å². The second-order valence-corrected chi connectivity index (χ2v) is 3.68. The largest absolute Gasteiger partial charge is 0.453 e. The second-order valence-electron chi connectivity index (χ2n) is 3.68. The molecule has 2 rings (SSSR count). The van der Waals surface area contributed by atoms with Crippen LogP contribution in [0.4, 0.5) is 0 Å². The molecule has 0 N–H and O–H groups in total. The molecule has 0 fully saturated rings. The first-order chi connectivity index (χ1) is 8.27. The first-order valence-electron chi connectivity index (χ1n) is 5.39. The van der Waals surface area contributed by atoms with Crippen LogP contribution in [0.15, 0.2) is 54.9 Å². The molecule has 86 valence electrons. The highest BCUT2D eigenvalue weighted by atomic mass is 16.5. The molecule has 0 saturated carbocycles. The number of aromatic nitrogens is 1. The lowest BCUT2D eigenvalue weighted by atomic mass is 10.0. The molecule has 17 heavy (non-hydrogen) atoms. The van der Waals surface area contributed by atoms with Gasteiger partial charge in [-0.1, -0.05) is 30.3 Å². The monoisotopic (exact) mass is 227 g/mol. The summed E-state index contributed by atoms with van der Waals surface area (Å²) in [5.74, 6) is -0.296. The summed E-state index contributed by atoms with van der Waals surface area (Å²) in [6.45, 7) is 1.41. The maximum Gasteiger partial charge on any atom is 0.303 e. The fourth-order valence-electron chi connectivity index (χ4n) is 1.66. The van der Waals surface area contributed by atoms with Crippen LogP contribution in [0.2, 0.25) is 0 Å². The van der Waals surface area contributed by atoms with Gasteiger partial charge in [0.25, 0.3) is 0 Å². The van der Waals surface area contributed by atoms with E-state index in [1.807, 2.05) is 42.5 Å². The Morgan fingerprint density at radius 2 is 1.65 bits per heavy atom. The molecule has 0 aliphatic heterocycles. The van der Waals surface area contributed by atoms with Crippen molar-refractivity contribution in [1.29, 1.82) is 0 Å². The molecule has 1 aromatic carbocycles. The van der Waals surface area contributed by atoms with Crippen LogP contribution in [0.1, 0.15) is 24.2 Å². The molecule has 0 unspecified atom stereocenters. The fourth-order valence-corrected chi connectivity index (χ4v) is 1.66. The lowest BCUT2D eigenvalue weighted by molar-refractivity contribution is -0.144. The van der Waals surface area contributed by atoms with Crippen molar-refractivity contribution in [2.24, 2.45) is 0 Å². The number of benzene rings is 1. The van der Waals surface area contributed by atoms with Gasteiger partial charge in [0.15, 0.2) is 6.10 Å². The summed E-state index contributed by atoms with van der Waals surface area (Å²) in [6.07, 6.45) is 3.01. The highest BCUT2D eigenvalue weighted by Gasteiger charge is 2.16. The highest BCUT2D eigenvalue weighted by Crippen LogP contribution is 2.25. The Balaban J connectivity index is 2.36. The Morgan fingerprint density at radius 1 is 1.06 bits per heavy atom. The molecule has 2 aromatic rings. The Labute approximate surface area is 100 Å². The van der Waals surface area contributed by atoms with Crippen molar-refractivity contribution in [3.05, 3.63) is 66.0 Å². The van der Waals surface area contributed by atoms with Gasteiger partial charge in [0, 0.05) is 24.9 Å². The van der Waals surface area contributed by atoms with Crippen molar-refractivity contribution in [3.8, 4) is 0 Å². The number of nitrogens with zero attached hydrogens (tertiary/aromatic N) is 1. The van der Waals surface area contributed by atoms with Gasteiger partial charge in [-0.3, -0.25) is 9.78 Å². The average Bonchev–Trinajstić information content (AvgIpc) is 2.38. The standard InChI is InChI=1S/C14H13NO2/c1-11(16)17-14(12-5-3-2-4-6-12)13-7-9-15-10-8-13/h2-10,14H,1H3/t14-/m1/s1. The van der Waals surface area contributed by atoms with Gasteiger partial charge in [-0.2, -0.15) is 0 Å². The zero-order valence-corrected chi connectivity index (χ0v) is 9.54. The lowest BCUT2D eigenvalue weighted by Crippen LogP contribution is -2.09. The van der Waals surface area contributed by atoms with Crippen LogP contribution >= 0.6 is 0 Å². The minimum absolute atomic E-state index is 0.296. The third-order valence-corrected chi connectivity index (χ3v) is 2.39. The van der Waals surface area contributed by atoms with Gasteiger partial charge in [0.05, 0.1) is 0 Å². The third kappa shape index (κ3) is 2.91. The number of carbonyl (C=O) groups is 1. The summed E-state index contributed by atoms with van der Waals surface area (Å²) >= 11 is 0. The smallest absolute Gasteiger partial charge is 0.303 e. The second kappa shape index (κ2) is 5.25. The van der Waals surface area contributed by atoms with Gasteiger partial charge in [-0.25, -0.2) is 0 Å². The zero-order valence-electron chi connectivity index (χ0n) is 9.54. The first kappa shape index (κ1) is 11.3. The van der Waals surface area contributed by atoms with Crippen LogP contribution < -0.4 is 0 Å². The Bertz CT molecular complexity index is 443. The number of carbonyl (C=O) groups excluding carboxylic acids is 1. The molecule has 0 amide bonds. The average molecular weight is 227 g/mol. The maximum atomic E-state index is 11.2. The molecule has 0 saturated heterocycles. The molecular formula is C14H13NO2. The topological polar surface area (TPSA) is 39.2 Å². The van der Waals surface area contributed by atoms with Crippen molar-refractivity contribution in [2.75, 3.05) is 0 Å². The van der Waals surface area contributed by atoms with Gasteiger partial charge in [-0.15, -0.1) is 0 Å². The van der Waals surface area contributed by atoms with E-state index in [-0.39, 0.29) is 12.1 Å². The molecule has 0 bridgehead atoms. The van der Waals surface area contributed by atoms with E-state index in [0.29, 0.717) is 0 Å². The van der Waals surface area contributed by atoms with Crippen LogP contribution in [0.25, 0.3) is 0 Å². The molecule has 0 spiro atoms. The molecule has 1 heterocycles. The summed E-state index contributed by atoms with van der Waals surface area (Å²) in [4.78, 5) is 15.1. The molecule has 0 aliphatic carbocycles. The Kier molecular flexibility index (Phi) is 3.50. The van der Waals surface area contributed by atoms with E-state index in [4.69, 9.17) is 4.74 Å². The van der Waals surface area contributed by atoms with Crippen molar-refractivity contribution in [1.82, 2.24) is 4.98 Å². The highest BCUT2D eigenvalue weighted by molar-refractivity contribution is 5.66. The summed E-state index contributed by atoms with van der Waals surface area (Å²) in [5, 5.41) is 0. The van der Waals surface area contributed by atoms with Crippen LogP contribution in [-0.4, -0.2) is 11.0 Å². The van der Waals surface area contributed by atoms with E-state index >= 15 is 0 Å². The van der Waals surface area contributed by atoms with Gasteiger partial charge in [0.2, 0.25) is 0 Å². The van der Waals surface area contributed by atoms with Crippen LogP contribution in [-0.2, 0) is 9.53 Å². The van der Waals surface area contributed by atoms with E-state index in [9.17, 15) is 4.79 Å². The minimum Gasteiger partial charge on any atom is -0.453 e. The maximum absolute atomic E-state index is 11.2. The van der Waals surface area contributed by atoms with E-state index in [2.05, 4.69) is 4.98 Å². The lowest BCUT2D eigenvalue weighted by Gasteiger charge is -2.17. The van der Waals surface area contributed by atoms with Gasteiger partial charge in [-0.05, 0) is 17.7 Å². The summed E-state index contributed by atoms with van der Waals surface area (Å²) in [7, 11) is 0. The SMILES string of the molecule is CC(=O)O[C@H](c1ccccc1)c1ccncc1. The van der Waals surface area contributed by atoms with Gasteiger partial charge < -0.3 is 4.74 Å². The molecule has 0 radical (unpaired) electrons. The van der Waals surface area contributed by atoms with E-state index < -0.39 is 0 Å².